The molecule has 1 saturated carbocycles. The molecule has 3 nitrogen and oxygen atoms in total. The fraction of sp³-hybridized carbons (Fsp3) is 0.917. The van der Waals surface area contributed by atoms with Crippen LogP contribution in [0.5, 0.6) is 0 Å². The van der Waals surface area contributed by atoms with Crippen LogP contribution < -0.4 is 5.73 Å². The van der Waals surface area contributed by atoms with Crippen molar-refractivity contribution in [3.63, 3.8) is 0 Å². The summed E-state index contributed by atoms with van der Waals surface area (Å²) in [5.41, 5.74) is 6.03. The first kappa shape index (κ1) is 10.9. The van der Waals surface area contributed by atoms with Crippen LogP contribution in [0.3, 0.4) is 0 Å². The van der Waals surface area contributed by atoms with Gasteiger partial charge in [0.1, 0.15) is 0 Å². The minimum absolute atomic E-state index is 0.198. The zero-order valence-electron chi connectivity index (χ0n) is 9.83. The van der Waals surface area contributed by atoms with Crippen molar-refractivity contribution in [2.24, 2.45) is 17.1 Å². The van der Waals surface area contributed by atoms with E-state index in [1.807, 2.05) is 4.90 Å². The zero-order valence-corrected chi connectivity index (χ0v) is 9.83. The number of carbonyl (C=O) groups excluding carboxylic acids is 1. The zero-order chi connectivity index (χ0) is 11.1. The first-order valence-corrected chi connectivity index (χ1v) is 6.05. The normalized spacial score (nSPS) is 34.7. The number of nitrogens with two attached hydrogens (primary N) is 1. The van der Waals surface area contributed by atoms with Crippen molar-refractivity contribution in [2.75, 3.05) is 13.1 Å². The van der Waals surface area contributed by atoms with Crippen LogP contribution >= 0.6 is 0 Å². The number of rotatable bonds is 1. The van der Waals surface area contributed by atoms with E-state index in [9.17, 15) is 4.79 Å². The summed E-state index contributed by atoms with van der Waals surface area (Å²) in [4.78, 5) is 14.3. The molecule has 2 fully saturated rings. The smallest absolute Gasteiger partial charge is 0.226 e. The molecule has 86 valence electrons. The van der Waals surface area contributed by atoms with Crippen molar-refractivity contribution >= 4 is 5.91 Å². The molecule has 1 unspecified atom stereocenters. The van der Waals surface area contributed by atoms with Crippen LogP contribution in [0, 0.1) is 11.3 Å². The van der Waals surface area contributed by atoms with Gasteiger partial charge in [-0.2, -0.15) is 0 Å². The van der Waals surface area contributed by atoms with E-state index in [1.54, 1.807) is 0 Å². The lowest BCUT2D eigenvalue weighted by Gasteiger charge is -2.29. The van der Waals surface area contributed by atoms with Gasteiger partial charge in [-0.25, -0.2) is 0 Å². The number of amides is 1. The molecule has 1 heterocycles. The monoisotopic (exact) mass is 210 g/mol. The lowest BCUT2D eigenvalue weighted by molar-refractivity contribution is -0.137. The van der Waals surface area contributed by atoms with Gasteiger partial charge in [-0.15, -0.1) is 0 Å². The van der Waals surface area contributed by atoms with Gasteiger partial charge < -0.3 is 10.6 Å². The molecular formula is C12H22N2O. The number of carbonyl (C=O) groups is 1. The summed E-state index contributed by atoms with van der Waals surface area (Å²) in [5.74, 6) is 0.591. The number of likely N-dealkylation sites (tertiary alicyclic amines) is 1. The third-order valence-corrected chi connectivity index (χ3v) is 4.09. The van der Waals surface area contributed by atoms with Crippen molar-refractivity contribution in [1.29, 1.82) is 0 Å². The van der Waals surface area contributed by atoms with Gasteiger partial charge in [0.2, 0.25) is 5.91 Å². The quantitative estimate of drug-likeness (QED) is 0.710. The summed E-state index contributed by atoms with van der Waals surface area (Å²) >= 11 is 0. The maximum atomic E-state index is 12.3. The molecule has 1 amide bonds. The van der Waals surface area contributed by atoms with E-state index in [0.29, 0.717) is 5.91 Å². The number of nitrogens with zero attached hydrogens (tertiary/aromatic N) is 1. The van der Waals surface area contributed by atoms with E-state index in [1.165, 1.54) is 12.8 Å². The molecule has 0 aromatic heterocycles. The van der Waals surface area contributed by atoms with Crippen molar-refractivity contribution in [3.05, 3.63) is 0 Å². The van der Waals surface area contributed by atoms with Crippen LogP contribution in [0.2, 0.25) is 0 Å². The molecule has 1 aliphatic heterocycles. The Balaban J connectivity index is 2.02. The SMILES string of the molecule is CC1(C)CCCC1C(=O)N1CC[C@@H](N)C1. The molecule has 0 bridgehead atoms. The minimum atomic E-state index is 0.198. The van der Waals surface area contributed by atoms with Crippen LogP contribution in [-0.4, -0.2) is 29.9 Å². The highest BCUT2D eigenvalue weighted by molar-refractivity contribution is 5.80. The lowest BCUT2D eigenvalue weighted by Crippen LogP contribution is -2.39. The van der Waals surface area contributed by atoms with Gasteiger partial charge in [-0.3, -0.25) is 4.79 Å². The molecule has 2 aliphatic rings. The van der Waals surface area contributed by atoms with E-state index in [2.05, 4.69) is 13.8 Å². The van der Waals surface area contributed by atoms with Gasteiger partial charge in [0.15, 0.2) is 0 Å². The van der Waals surface area contributed by atoms with Gasteiger partial charge in [0.25, 0.3) is 0 Å². The second-order valence-electron chi connectivity index (χ2n) is 5.77. The van der Waals surface area contributed by atoms with Gasteiger partial charge in [0.05, 0.1) is 0 Å². The Kier molecular flexibility index (Phi) is 2.75. The van der Waals surface area contributed by atoms with Crippen molar-refractivity contribution in [2.45, 2.75) is 45.6 Å². The third-order valence-electron chi connectivity index (χ3n) is 4.09. The molecule has 0 spiro atoms. The summed E-state index contributed by atoms with van der Waals surface area (Å²) in [6, 6.07) is 0.207. The summed E-state index contributed by atoms with van der Waals surface area (Å²) in [7, 11) is 0. The Morgan fingerprint density at radius 3 is 2.60 bits per heavy atom. The highest BCUT2D eigenvalue weighted by Crippen LogP contribution is 2.43. The van der Waals surface area contributed by atoms with Crippen LogP contribution in [0.4, 0.5) is 0 Å². The van der Waals surface area contributed by atoms with Gasteiger partial charge >= 0.3 is 0 Å². The van der Waals surface area contributed by atoms with E-state index in [-0.39, 0.29) is 17.4 Å². The van der Waals surface area contributed by atoms with Crippen LogP contribution in [0.1, 0.15) is 39.5 Å². The van der Waals surface area contributed by atoms with E-state index in [0.717, 1.165) is 25.9 Å². The average molecular weight is 210 g/mol. The Bertz CT molecular complexity index is 262. The predicted octanol–water partition coefficient (Wildman–Crippen LogP) is 1.37. The maximum absolute atomic E-state index is 12.3. The molecule has 2 rings (SSSR count). The lowest BCUT2D eigenvalue weighted by atomic mass is 9.81. The van der Waals surface area contributed by atoms with Crippen LogP contribution in [0.25, 0.3) is 0 Å². The number of hydrogen-bond acceptors (Lipinski definition) is 2. The highest BCUT2D eigenvalue weighted by atomic mass is 16.2. The highest BCUT2D eigenvalue weighted by Gasteiger charge is 2.42. The molecule has 0 radical (unpaired) electrons. The molecule has 0 aromatic rings. The second-order valence-corrected chi connectivity index (χ2v) is 5.77. The summed E-state index contributed by atoms with van der Waals surface area (Å²) in [6.45, 7) is 6.08. The fourth-order valence-electron chi connectivity index (χ4n) is 2.99. The molecule has 1 aliphatic carbocycles. The van der Waals surface area contributed by atoms with Gasteiger partial charge in [-0.1, -0.05) is 20.3 Å². The standard InChI is InChI=1S/C12H22N2O/c1-12(2)6-3-4-10(12)11(15)14-7-5-9(13)8-14/h9-10H,3-8,13H2,1-2H3/t9-,10?/m1/s1. The summed E-state index contributed by atoms with van der Waals surface area (Å²) in [6.07, 6.45) is 4.42. The van der Waals surface area contributed by atoms with Gasteiger partial charge in [-0.05, 0) is 24.7 Å². The Morgan fingerprint density at radius 2 is 2.13 bits per heavy atom. The Morgan fingerprint density at radius 1 is 1.40 bits per heavy atom. The third kappa shape index (κ3) is 2.03. The molecule has 1 saturated heterocycles. The predicted molar refractivity (Wildman–Crippen MR) is 60.3 cm³/mol. The van der Waals surface area contributed by atoms with E-state index < -0.39 is 0 Å². The number of hydrogen-bond donors (Lipinski definition) is 1. The first-order valence-electron chi connectivity index (χ1n) is 6.05. The Hall–Kier alpha value is -0.570. The first-order chi connectivity index (χ1) is 7.00. The van der Waals surface area contributed by atoms with Crippen molar-refractivity contribution in [1.82, 2.24) is 4.90 Å². The molecule has 2 N–H and O–H groups in total. The fourth-order valence-corrected chi connectivity index (χ4v) is 2.99. The molecule has 0 aromatic carbocycles. The maximum Gasteiger partial charge on any atom is 0.226 e. The average Bonchev–Trinajstić information content (AvgIpc) is 2.70. The van der Waals surface area contributed by atoms with Crippen LogP contribution in [0.15, 0.2) is 0 Å². The van der Waals surface area contributed by atoms with E-state index in [4.69, 9.17) is 5.73 Å². The van der Waals surface area contributed by atoms with E-state index >= 15 is 0 Å². The molecule has 15 heavy (non-hydrogen) atoms. The topological polar surface area (TPSA) is 46.3 Å². The summed E-state index contributed by atoms with van der Waals surface area (Å²) < 4.78 is 0. The molecule has 2 atom stereocenters. The molecule has 3 heteroatoms. The van der Waals surface area contributed by atoms with Crippen molar-refractivity contribution in [3.8, 4) is 0 Å². The minimum Gasteiger partial charge on any atom is -0.341 e. The van der Waals surface area contributed by atoms with Crippen molar-refractivity contribution < 1.29 is 4.79 Å². The summed E-state index contributed by atoms with van der Waals surface area (Å²) in [5, 5.41) is 0. The largest absolute Gasteiger partial charge is 0.341 e. The van der Waals surface area contributed by atoms with Crippen LogP contribution in [-0.2, 0) is 4.79 Å². The Labute approximate surface area is 92.0 Å². The molecular weight excluding hydrogens is 188 g/mol. The van der Waals surface area contributed by atoms with Gasteiger partial charge in [0, 0.05) is 25.0 Å². The second kappa shape index (κ2) is 3.78.